The van der Waals surface area contributed by atoms with Crippen molar-refractivity contribution in [2.24, 2.45) is 11.7 Å². The van der Waals surface area contributed by atoms with Crippen molar-refractivity contribution in [1.82, 2.24) is 9.97 Å². The highest BCUT2D eigenvalue weighted by Gasteiger charge is 2.13. The minimum Gasteiger partial charge on any atom is -0.477 e. The molecule has 0 fully saturated rings. The maximum atomic E-state index is 11.3. The van der Waals surface area contributed by atoms with Gasteiger partial charge in [-0.2, -0.15) is 0 Å². The van der Waals surface area contributed by atoms with Gasteiger partial charge in [-0.15, -0.1) is 0 Å². The Morgan fingerprint density at radius 2 is 1.21 bits per heavy atom. The van der Waals surface area contributed by atoms with Crippen molar-refractivity contribution in [3.8, 4) is 0 Å². The summed E-state index contributed by atoms with van der Waals surface area (Å²) in [6, 6.07) is 10.1. The molecule has 0 aliphatic rings. The molecule has 2 rings (SSSR count). The fraction of sp³-hybridized carbons (Fsp3) is 0.571. The Morgan fingerprint density at radius 3 is 1.77 bits per heavy atom. The van der Waals surface area contributed by atoms with Crippen molar-refractivity contribution in [1.29, 1.82) is 0 Å². The first-order chi connectivity index (χ1) is 19.0. The van der Waals surface area contributed by atoms with Gasteiger partial charge in [0.2, 0.25) is 0 Å². The molecule has 39 heavy (non-hydrogen) atoms. The smallest absolute Gasteiger partial charge is 0.354 e. The van der Waals surface area contributed by atoms with Crippen LogP contribution in [0.3, 0.4) is 0 Å². The number of carboxylic acid groups (broad SMARTS) is 2. The fourth-order valence-electron chi connectivity index (χ4n) is 3.83. The Morgan fingerprint density at radius 1 is 0.692 bits per heavy atom. The number of carboxylic acids is 2. The monoisotopic (exact) mass is 547 g/mol. The second kappa shape index (κ2) is 20.0. The molecule has 4 N–H and O–H groups in total. The highest BCUT2D eigenvalue weighted by atomic mass is 16.5. The topological polar surface area (TPSA) is 163 Å². The van der Waals surface area contributed by atoms with E-state index in [0.717, 1.165) is 37.1 Å². The molecule has 0 amide bonds. The maximum absolute atomic E-state index is 11.3. The van der Waals surface area contributed by atoms with Gasteiger partial charge < -0.3 is 34.9 Å². The Hall–Kier alpha value is -2.96. The van der Waals surface area contributed by atoms with E-state index in [0.29, 0.717) is 72.2 Å². The van der Waals surface area contributed by atoms with Crippen molar-refractivity contribution < 1.29 is 38.7 Å². The second-order valence-corrected chi connectivity index (χ2v) is 8.98. The molecule has 0 aromatic carbocycles. The number of pyridine rings is 2. The van der Waals surface area contributed by atoms with Crippen molar-refractivity contribution in [2.75, 3.05) is 59.4 Å². The van der Waals surface area contributed by atoms with Gasteiger partial charge in [0.25, 0.3) is 0 Å². The lowest BCUT2D eigenvalue weighted by molar-refractivity contribution is 0.0327. The molecule has 11 heteroatoms. The molecular weight excluding hydrogens is 506 g/mol. The van der Waals surface area contributed by atoms with Gasteiger partial charge in [-0.05, 0) is 68.7 Å². The van der Waals surface area contributed by atoms with E-state index in [4.69, 9.17) is 29.8 Å². The van der Waals surface area contributed by atoms with Crippen LogP contribution >= 0.6 is 0 Å². The van der Waals surface area contributed by atoms with Crippen LogP contribution in [0.25, 0.3) is 0 Å². The van der Waals surface area contributed by atoms with E-state index >= 15 is 0 Å². The predicted molar refractivity (Wildman–Crippen MR) is 144 cm³/mol. The molecule has 1 unspecified atom stereocenters. The first-order valence-electron chi connectivity index (χ1n) is 13.4. The zero-order chi connectivity index (χ0) is 28.1. The molecule has 0 aliphatic carbocycles. The Labute approximate surface area is 229 Å². The molecule has 0 saturated heterocycles. The maximum Gasteiger partial charge on any atom is 0.354 e. The highest BCUT2D eigenvalue weighted by molar-refractivity contribution is 5.85. The van der Waals surface area contributed by atoms with Crippen LogP contribution in [0.4, 0.5) is 0 Å². The highest BCUT2D eigenvalue weighted by Crippen LogP contribution is 2.16. The summed E-state index contributed by atoms with van der Waals surface area (Å²) in [6.45, 7) is 4.69. The van der Waals surface area contributed by atoms with Crippen LogP contribution in [0, 0.1) is 5.92 Å². The molecule has 0 radical (unpaired) electrons. The Bertz CT molecular complexity index is 975. The number of aryl methyl sites for hydroxylation is 1. The molecule has 0 saturated carbocycles. The largest absolute Gasteiger partial charge is 0.477 e. The lowest BCUT2D eigenvalue weighted by atomic mass is 9.96. The minimum atomic E-state index is -1.04. The molecule has 11 nitrogen and oxygen atoms in total. The summed E-state index contributed by atoms with van der Waals surface area (Å²) in [6.07, 6.45) is 4.63. The van der Waals surface area contributed by atoms with Gasteiger partial charge in [0.05, 0.1) is 33.0 Å². The van der Waals surface area contributed by atoms with E-state index in [2.05, 4.69) is 9.97 Å². The summed E-state index contributed by atoms with van der Waals surface area (Å²) < 4.78 is 22.4. The third-order valence-electron chi connectivity index (χ3n) is 5.87. The number of ether oxygens (including phenoxy) is 4. The number of unbranched alkanes of at least 4 members (excludes halogenated alkanes) is 1. The summed E-state index contributed by atoms with van der Waals surface area (Å²) >= 11 is 0. The van der Waals surface area contributed by atoms with Crippen LogP contribution in [0.5, 0.6) is 0 Å². The van der Waals surface area contributed by atoms with Crippen molar-refractivity contribution >= 4 is 11.9 Å². The number of rotatable bonds is 23. The van der Waals surface area contributed by atoms with Crippen LogP contribution < -0.4 is 5.73 Å². The number of nitrogens with two attached hydrogens (primary N) is 1. The molecule has 2 aromatic rings. The average Bonchev–Trinajstić information content (AvgIpc) is 2.93. The Balaban J connectivity index is 1.62. The van der Waals surface area contributed by atoms with Crippen LogP contribution in [0.1, 0.15) is 58.0 Å². The zero-order valence-corrected chi connectivity index (χ0v) is 22.5. The van der Waals surface area contributed by atoms with E-state index in [1.165, 1.54) is 12.1 Å². The standard InChI is InChI=1S/C28H41N3O8/c29-12-16-39-20-19-38-15-11-22(21-24-7-4-9-26(31-24)28(34)35)10-14-37-18-17-36-13-2-1-5-23-6-3-8-25(30-23)27(32)33/h3-4,6-9,22H,1-2,5,10-21,29H2,(H,32,33)(H,34,35). The van der Waals surface area contributed by atoms with Gasteiger partial charge in [-0.3, -0.25) is 0 Å². The summed E-state index contributed by atoms with van der Waals surface area (Å²) in [5.41, 5.74) is 7.01. The Kier molecular flexibility index (Phi) is 16.6. The van der Waals surface area contributed by atoms with Crippen LogP contribution in [0.15, 0.2) is 36.4 Å². The molecule has 0 bridgehead atoms. The number of carbonyl (C=O) groups is 2. The molecule has 1 atom stereocenters. The average molecular weight is 548 g/mol. The second-order valence-electron chi connectivity index (χ2n) is 8.98. The first kappa shape index (κ1) is 32.3. The summed E-state index contributed by atoms with van der Waals surface area (Å²) in [4.78, 5) is 30.6. The fourth-order valence-corrected chi connectivity index (χ4v) is 3.83. The van der Waals surface area contributed by atoms with Crippen molar-refractivity contribution in [2.45, 2.75) is 38.5 Å². The zero-order valence-electron chi connectivity index (χ0n) is 22.5. The van der Waals surface area contributed by atoms with Gasteiger partial charge >= 0.3 is 11.9 Å². The minimum absolute atomic E-state index is 0.0398. The summed E-state index contributed by atoms with van der Waals surface area (Å²) in [5, 5.41) is 18.2. The number of aromatic nitrogens is 2. The van der Waals surface area contributed by atoms with Gasteiger partial charge in [0.1, 0.15) is 11.4 Å². The van der Waals surface area contributed by atoms with Crippen LogP contribution in [-0.2, 0) is 31.8 Å². The third kappa shape index (κ3) is 14.7. The molecule has 2 aromatic heterocycles. The van der Waals surface area contributed by atoms with Gasteiger partial charge in [0, 0.05) is 37.8 Å². The quantitative estimate of drug-likeness (QED) is 0.175. The van der Waals surface area contributed by atoms with Crippen molar-refractivity contribution in [3.05, 3.63) is 59.2 Å². The van der Waals surface area contributed by atoms with E-state index in [-0.39, 0.29) is 17.3 Å². The number of nitrogens with zero attached hydrogens (tertiary/aromatic N) is 2. The summed E-state index contributed by atoms with van der Waals surface area (Å²) in [7, 11) is 0. The van der Waals surface area contributed by atoms with Gasteiger partial charge in [0.15, 0.2) is 0 Å². The molecule has 216 valence electrons. The normalized spacial score (nSPS) is 11.9. The van der Waals surface area contributed by atoms with E-state index < -0.39 is 11.9 Å². The lowest BCUT2D eigenvalue weighted by Gasteiger charge is -2.17. The van der Waals surface area contributed by atoms with Gasteiger partial charge in [-0.1, -0.05) is 12.1 Å². The lowest BCUT2D eigenvalue weighted by Crippen LogP contribution is -2.16. The number of aromatic carboxylic acids is 2. The SMILES string of the molecule is NCCOCCOCCC(CCOCCOCCCCc1cccc(C(=O)O)n1)Cc1cccc(C(=O)O)n1. The van der Waals surface area contributed by atoms with Crippen LogP contribution in [-0.4, -0.2) is 91.5 Å². The first-order valence-corrected chi connectivity index (χ1v) is 13.4. The molecule has 2 heterocycles. The molecule has 0 aliphatic heterocycles. The predicted octanol–water partition coefficient (Wildman–Crippen LogP) is 2.86. The van der Waals surface area contributed by atoms with Crippen molar-refractivity contribution in [3.63, 3.8) is 0 Å². The van der Waals surface area contributed by atoms with Gasteiger partial charge in [-0.25, -0.2) is 19.6 Å². The molecule has 0 spiro atoms. The van der Waals surface area contributed by atoms with E-state index in [9.17, 15) is 14.7 Å². The van der Waals surface area contributed by atoms with E-state index in [1.807, 2.05) is 12.1 Å². The number of hydrogen-bond acceptors (Lipinski definition) is 9. The third-order valence-corrected chi connectivity index (χ3v) is 5.87. The summed E-state index contributed by atoms with van der Waals surface area (Å²) in [5.74, 6) is -1.84. The van der Waals surface area contributed by atoms with Crippen LogP contribution in [0.2, 0.25) is 0 Å². The van der Waals surface area contributed by atoms with E-state index in [1.54, 1.807) is 12.1 Å². The molecular formula is C28H41N3O8. The number of hydrogen-bond donors (Lipinski definition) is 3.